The van der Waals surface area contributed by atoms with E-state index < -0.39 is 0 Å². The van der Waals surface area contributed by atoms with Crippen LogP contribution in [0.2, 0.25) is 0 Å². The van der Waals surface area contributed by atoms with Crippen LogP contribution in [-0.2, 0) is 6.42 Å². The summed E-state index contributed by atoms with van der Waals surface area (Å²) in [5.74, 6) is 3.29. The highest BCUT2D eigenvalue weighted by Gasteiger charge is 2.20. The maximum atomic E-state index is 11.9. The molecule has 2 aliphatic rings. The Morgan fingerprint density at radius 1 is 1.04 bits per heavy atom. The summed E-state index contributed by atoms with van der Waals surface area (Å²) in [6, 6.07) is 13.2. The van der Waals surface area contributed by atoms with Crippen LogP contribution < -0.4 is 29.6 Å². The molecule has 1 atom stereocenters. The molecule has 0 spiro atoms. The van der Waals surface area contributed by atoms with Gasteiger partial charge in [-0.3, -0.25) is 0 Å². The zero-order valence-electron chi connectivity index (χ0n) is 14.9. The van der Waals surface area contributed by atoms with Gasteiger partial charge in [-0.05, 0) is 30.2 Å². The van der Waals surface area contributed by atoms with Gasteiger partial charge in [0.25, 0.3) is 0 Å². The van der Waals surface area contributed by atoms with E-state index in [-0.39, 0.29) is 18.7 Å². The van der Waals surface area contributed by atoms with Gasteiger partial charge in [0.2, 0.25) is 6.79 Å². The molecule has 7 nitrogen and oxygen atoms in total. The van der Waals surface area contributed by atoms with Crippen LogP contribution in [0, 0.1) is 5.92 Å². The number of urea groups is 1. The summed E-state index contributed by atoms with van der Waals surface area (Å²) in [5.41, 5.74) is 1.19. The van der Waals surface area contributed by atoms with Gasteiger partial charge in [-0.2, -0.15) is 0 Å². The molecule has 2 aromatic carbocycles. The summed E-state index contributed by atoms with van der Waals surface area (Å²) < 4.78 is 21.9. The minimum absolute atomic E-state index is 0.205. The van der Waals surface area contributed by atoms with Gasteiger partial charge < -0.3 is 29.6 Å². The second-order valence-corrected chi connectivity index (χ2v) is 6.49. The average molecular weight is 370 g/mol. The first-order valence-corrected chi connectivity index (χ1v) is 9.03. The molecule has 2 aromatic rings. The molecule has 2 heterocycles. The summed E-state index contributed by atoms with van der Waals surface area (Å²) in [7, 11) is 0. The third-order valence-corrected chi connectivity index (χ3v) is 4.51. The van der Waals surface area contributed by atoms with Crippen molar-refractivity contribution in [2.45, 2.75) is 6.42 Å². The van der Waals surface area contributed by atoms with Gasteiger partial charge in [-0.1, -0.05) is 18.2 Å². The Kier molecular flexibility index (Phi) is 5.18. The van der Waals surface area contributed by atoms with Crippen molar-refractivity contribution in [3.63, 3.8) is 0 Å². The highest BCUT2D eigenvalue weighted by atomic mass is 16.7. The Hall–Kier alpha value is -3.09. The van der Waals surface area contributed by atoms with E-state index in [1.807, 2.05) is 30.3 Å². The Bertz CT molecular complexity index is 811. The molecule has 27 heavy (non-hydrogen) atoms. The maximum absolute atomic E-state index is 11.9. The molecule has 7 heteroatoms. The fourth-order valence-electron chi connectivity index (χ4n) is 3.12. The molecule has 0 bridgehead atoms. The third-order valence-electron chi connectivity index (χ3n) is 4.51. The Labute approximate surface area is 157 Å². The average Bonchev–Trinajstić information content (AvgIpc) is 3.17. The minimum atomic E-state index is -0.205. The van der Waals surface area contributed by atoms with E-state index in [9.17, 15) is 4.79 Å². The van der Waals surface area contributed by atoms with Crippen LogP contribution in [0.5, 0.6) is 23.0 Å². The number of hydrogen-bond donors (Lipinski definition) is 2. The Balaban J connectivity index is 1.13. The molecular weight excluding hydrogens is 348 g/mol. The number of amides is 2. The SMILES string of the molecule is O=C(NCCOc1ccc2c(c1)OCO2)NCC1COc2ccccc2C1. The molecule has 0 radical (unpaired) electrons. The monoisotopic (exact) mass is 370 g/mol. The summed E-state index contributed by atoms with van der Waals surface area (Å²) in [4.78, 5) is 11.9. The summed E-state index contributed by atoms with van der Waals surface area (Å²) in [5, 5.41) is 5.69. The number of benzene rings is 2. The standard InChI is InChI=1S/C20H22N2O5/c23-20(22-11-14-9-15-3-1-2-4-17(15)25-12-14)21-7-8-24-16-5-6-18-19(10-16)27-13-26-18/h1-6,10,14H,7-9,11-13H2,(H2,21,22,23). The second kappa shape index (κ2) is 8.07. The number of para-hydroxylation sites is 1. The van der Waals surface area contributed by atoms with E-state index in [0.29, 0.717) is 43.6 Å². The molecule has 0 aliphatic carbocycles. The largest absolute Gasteiger partial charge is 0.493 e. The number of ether oxygens (including phenoxy) is 4. The fourth-order valence-corrected chi connectivity index (χ4v) is 3.12. The highest BCUT2D eigenvalue weighted by Crippen LogP contribution is 2.35. The van der Waals surface area contributed by atoms with Crippen LogP contribution in [0.3, 0.4) is 0 Å². The number of carbonyl (C=O) groups is 1. The van der Waals surface area contributed by atoms with Crippen molar-refractivity contribution < 1.29 is 23.7 Å². The van der Waals surface area contributed by atoms with Crippen molar-refractivity contribution in [3.05, 3.63) is 48.0 Å². The predicted octanol–water partition coefficient (Wildman–Crippen LogP) is 2.34. The lowest BCUT2D eigenvalue weighted by Gasteiger charge is -2.25. The van der Waals surface area contributed by atoms with Gasteiger partial charge in [0.1, 0.15) is 18.1 Å². The molecule has 4 rings (SSSR count). The van der Waals surface area contributed by atoms with Gasteiger partial charge in [-0.15, -0.1) is 0 Å². The zero-order chi connectivity index (χ0) is 18.5. The van der Waals surface area contributed by atoms with E-state index in [2.05, 4.69) is 16.7 Å². The summed E-state index contributed by atoms with van der Waals surface area (Å²) in [6.45, 7) is 2.20. The van der Waals surface area contributed by atoms with Crippen LogP contribution in [0.1, 0.15) is 5.56 Å². The Morgan fingerprint density at radius 2 is 1.93 bits per heavy atom. The summed E-state index contributed by atoms with van der Waals surface area (Å²) in [6.07, 6.45) is 0.906. The van der Waals surface area contributed by atoms with Crippen LogP contribution in [0.15, 0.2) is 42.5 Å². The van der Waals surface area contributed by atoms with E-state index >= 15 is 0 Å². The molecule has 0 fully saturated rings. The highest BCUT2D eigenvalue weighted by molar-refractivity contribution is 5.73. The number of fused-ring (bicyclic) bond motifs is 2. The van der Waals surface area contributed by atoms with Crippen LogP contribution in [0.4, 0.5) is 4.79 Å². The van der Waals surface area contributed by atoms with E-state index in [1.165, 1.54) is 5.56 Å². The predicted molar refractivity (Wildman–Crippen MR) is 98.6 cm³/mol. The van der Waals surface area contributed by atoms with Gasteiger partial charge in [0, 0.05) is 18.5 Å². The quantitative estimate of drug-likeness (QED) is 0.763. The Morgan fingerprint density at radius 3 is 2.89 bits per heavy atom. The van der Waals surface area contributed by atoms with E-state index in [0.717, 1.165) is 12.2 Å². The van der Waals surface area contributed by atoms with Crippen LogP contribution in [0.25, 0.3) is 0 Å². The van der Waals surface area contributed by atoms with Gasteiger partial charge in [-0.25, -0.2) is 4.79 Å². The van der Waals surface area contributed by atoms with Crippen molar-refractivity contribution >= 4 is 6.03 Å². The normalized spacial score (nSPS) is 16.8. The molecule has 0 aromatic heterocycles. The molecular formula is C20H22N2O5. The zero-order valence-corrected chi connectivity index (χ0v) is 14.9. The van der Waals surface area contributed by atoms with Gasteiger partial charge in [0.05, 0.1) is 13.2 Å². The van der Waals surface area contributed by atoms with Crippen LogP contribution in [-0.4, -0.2) is 39.1 Å². The lowest BCUT2D eigenvalue weighted by molar-refractivity contribution is 0.173. The van der Waals surface area contributed by atoms with Crippen LogP contribution >= 0.6 is 0 Å². The van der Waals surface area contributed by atoms with Crippen molar-refractivity contribution in [3.8, 4) is 23.0 Å². The lowest BCUT2D eigenvalue weighted by atomic mass is 9.97. The molecule has 2 aliphatic heterocycles. The van der Waals surface area contributed by atoms with Crippen molar-refractivity contribution in [2.75, 3.05) is 33.1 Å². The number of hydrogen-bond acceptors (Lipinski definition) is 5. The molecule has 0 saturated heterocycles. The minimum Gasteiger partial charge on any atom is -0.493 e. The van der Waals surface area contributed by atoms with Crippen molar-refractivity contribution in [1.82, 2.24) is 10.6 Å². The first-order valence-electron chi connectivity index (χ1n) is 9.03. The summed E-state index contributed by atoms with van der Waals surface area (Å²) >= 11 is 0. The second-order valence-electron chi connectivity index (χ2n) is 6.49. The number of carbonyl (C=O) groups excluding carboxylic acids is 1. The molecule has 2 amide bonds. The third kappa shape index (κ3) is 4.36. The molecule has 0 saturated carbocycles. The fraction of sp³-hybridized carbons (Fsp3) is 0.350. The van der Waals surface area contributed by atoms with Crippen molar-refractivity contribution in [2.24, 2.45) is 5.92 Å². The smallest absolute Gasteiger partial charge is 0.314 e. The maximum Gasteiger partial charge on any atom is 0.314 e. The van der Waals surface area contributed by atoms with E-state index in [1.54, 1.807) is 6.07 Å². The van der Waals surface area contributed by atoms with Crippen molar-refractivity contribution in [1.29, 1.82) is 0 Å². The van der Waals surface area contributed by atoms with Gasteiger partial charge >= 0.3 is 6.03 Å². The number of rotatable bonds is 6. The molecule has 2 N–H and O–H groups in total. The molecule has 142 valence electrons. The molecule has 1 unspecified atom stereocenters. The first kappa shape index (κ1) is 17.3. The first-order chi connectivity index (χ1) is 13.3. The van der Waals surface area contributed by atoms with Gasteiger partial charge in [0.15, 0.2) is 11.5 Å². The topological polar surface area (TPSA) is 78.1 Å². The van der Waals surface area contributed by atoms with E-state index in [4.69, 9.17) is 18.9 Å². The number of nitrogens with one attached hydrogen (secondary N) is 2. The lowest BCUT2D eigenvalue weighted by Crippen LogP contribution is -2.41.